The fourth-order valence-electron chi connectivity index (χ4n) is 2.32. The average molecular weight is 313 g/mol. The second-order valence-corrected chi connectivity index (χ2v) is 5.46. The first-order chi connectivity index (χ1) is 10.8. The lowest BCUT2D eigenvalue weighted by atomic mass is 9.98. The van der Waals surface area contributed by atoms with Gasteiger partial charge in [-0.15, -0.1) is 0 Å². The number of nitrogens with one attached hydrogen (secondary N) is 1. The number of rotatable bonds is 4. The van der Waals surface area contributed by atoms with Crippen molar-refractivity contribution in [2.24, 2.45) is 0 Å². The summed E-state index contributed by atoms with van der Waals surface area (Å²) in [4.78, 5) is 30.2. The number of nitrogens with zero attached hydrogens (tertiary/aromatic N) is 1. The minimum atomic E-state index is -1.07. The highest BCUT2D eigenvalue weighted by molar-refractivity contribution is 5.83. The molecular weight excluding hydrogens is 294 g/mol. The molecule has 2 rings (SSSR count). The van der Waals surface area contributed by atoms with E-state index < -0.39 is 17.4 Å². The maximum atomic E-state index is 12.1. The number of allylic oxidation sites excluding steroid dienone is 1. The molecule has 23 heavy (non-hydrogen) atoms. The molecule has 1 aromatic heterocycles. The predicted octanol–water partition coefficient (Wildman–Crippen LogP) is 2.41. The van der Waals surface area contributed by atoms with E-state index in [-0.39, 0.29) is 5.56 Å². The summed E-state index contributed by atoms with van der Waals surface area (Å²) < 4.78 is 0. The highest BCUT2D eigenvalue weighted by Crippen LogP contribution is 2.22. The van der Waals surface area contributed by atoms with Crippen molar-refractivity contribution >= 4 is 23.3 Å². The number of carboxylic acids is 1. The van der Waals surface area contributed by atoms with Gasteiger partial charge in [0.1, 0.15) is 5.82 Å². The first-order valence-electron chi connectivity index (χ1n) is 7.17. The molecule has 6 heteroatoms. The van der Waals surface area contributed by atoms with Crippen molar-refractivity contribution in [3.8, 4) is 0 Å². The van der Waals surface area contributed by atoms with Gasteiger partial charge in [-0.1, -0.05) is 12.1 Å². The number of nitrogen functional groups attached to an aromatic ring is 1. The van der Waals surface area contributed by atoms with E-state index >= 15 is 0 Å². The van der Waals surface area contributed by atoms with E-state index in [0.717, 1.165) is 11.1 Å². The molecule has 0 radical (unpaired) electrons. The summed E-state index contributed by atoms with van der Waals surface area (Å²) in [5.74, 6) is -1.58. The monoisotopic (exact) mass is 313 g/mol. The van der Waals surface area contributed by atoms with Crippen LogP contribution < -0.4 is 11.3 Å². The SMILES string of the molecule is CC(=Cc1[nH]c(C)nc(=O)c1C(C)C(=O)O)c1ccc(N)cc1. The number of aromatic nitrogens is 2. The second kappa shape index (κ2) is 6.48. The summed E-state index contributed by atoms with van der Waals surface area (Å²) in [6.45, 7) is 5.02. The van der Waals surface area contributed by atoms with Crippen LogP contribution in [0.3, 0.4) is 0 Å². The molecule has 2 aromatic rings. The number of nitrogens with two attached hydrogens (primary N) is 1. The number of benzene rings is 1. The summed E-state index contributed by atoms with van der Waals surface area (Å²) in [5.41, 5.74) is 8.25. The van der Waals surface area contributed by atoms with Crippen molar-refractivity contribution in [3.63, 3.8) is 0 Å². The largest absolute Gasteiger partial charge is 0.481 e. The summed E-state index contributed by atoms with van der Waals surface area (Å²) >= 11 is 0. The van der Waals surface area contributed by atoms with Crippen LogP contribution in [0.1, 0.15) is 42.4 Å². The van der Waals surface area contributed by atoms with Crippen LogP contribution in [0, 0.1) is 6.92 Å². The zero-order valence-electron chi connectivity index (χ0n) is 13.3. The number of aryl methyl sites for hydroxylation is 1. The molecule has 1 aromatic carbocycles. The van der Waals surface area contributed by atoms with Crippen LogP contribution >= 0.6 is 0 Å². The minimum Gasteiger partial charge on any atom is -0.481 e. The first-order valence-corrected chi connectivity index (χ1v) is 7.17. The molecule has 0 aliphatic rings. The van der Waals surface area contributed by atoms with Crippen LogP contribution in [0.15, 0.2) is 29.1 Å². The van der Waals surface area contributed by atoms with E-state index in [1.807, 2.05) is 19.1 Å². The third-order valence-electron chi connectivity index (χ3n) is 3.64. The molecule has 1 atom stereocenters. The standard InChI is InChI=1S/C17H19N3O3/c1-9(12-4-6-13(18)7-5-12)8-14-15(10(2)17(22)23)16(21)20-11(3)19-14/h4-8,10H,18H2,1-3H3,(H,22,23)(H,19,20,21). The number of anilines is 1. The molecule has 0 saturated heterocycles. The van der Waals surface area contributed by atoms with E-state index in [0.29, 0.717) is 17.2 Å². The molecule has 1 unspecified atom stereocenters. The summed E-state index contributed by atoms with van der Waals surface area (Å²) in [6, 6.07) is 7.31. The fraction of sp³-hybridized carbons (Fsp3) is 0.235. The maximum Gasteiger partial charge on any atom is 0.310 e. The Kier molecular flexibility index (Phi) is 4.64. The fourth-order valence-corrected chi connectivity index (χ4v) is 2.32. The Balaban J connectivity index is 2.58. The first kappa shape index (κ1) is 16.5. The van der Waals surface area contributed by atoms with Gasteiger partial charge in [0.25, 0.3) is 5.56 Å². The van der Waals surface area contributed by atoms with Gasteiger partial charge in [0.15, 0.2) is 0 Å². The number of aromatic amines is 1. The predicted molar refractivity (Wildman–Crippen MR) is 90.0 cm³/mol. The molecule has 0 aliphatic heterocycles. The van der Waals surface area contributed by atoms with E-state index in [2.05, 4.69) is 9.97 Å². The Bertz CT molecular complexity index is 820. The zero-order chi connectivity index (χ0) is 17.1. The van der Waals surface area contributed by atoms with Crippen molar-refractivity contribution in [1.82, 2.24) is 9.97 Å². The number of aliphatic carboxylic acids is 1. The molecule has 0 spiro atoms. The van der Waals surface area contributed by atoms with Crippen molar-refractivity contribution in [2.45, 2.75) is 26.7 Å². The van der Waals surface area contributed by atoms with Crippen molar-refractivity contribution in [1.29, 1.82) is 0 Å². The van der Waals surface area contributed by atoms with Crippen LogP contribution in [0.4, 0.5) is 5.69 Å². The number of hydrogen-bond acceptors (Lipinski definition) is 4. The van der Waals surface area contributed by atoms with Crippen molar-refractivity contribution in [3.05, 3.63) is 57.3 Å². The lowest BCUT2D eigenvalue weighted by Crippen LogP contribution is -2.23. The highest BCUT2D eigenvalue weighted by atomic mass is 16.4. The molecule has 0 aliphatic carbocycles. The van der Waals surface area contributed by atoms with E-state index in [9.17, 15) is 14.7 Å². The van der Waals surface area contributed by atoms with Crippen molar-refractivity contribution < 1.29 is 9.90 Å². The van der Waals surface area contributed by atoms with Gasteiger partial charge in [0, 0.05) is 11.4 Å². The van der Waals surface area contributed by atoms with Crippen LogP contribution in [0.25, 0.3) is 11.6 Å². The van der Waals surface area contributed by atoms with Crippen LogP contribution in [0.2, 0.25) is 0 Å². The van der Waals surface area contributed by atoms with Gasteiger partial charge < -0.3 is 15.8 Å². The topological polar surface area (TPSA) is 109 Å². The van der Waals surface area contributed by atoms with E-state index in [1.165, 1.54) is 6.92 Å². The van der Waals surface area contributed by atoms with E-state index in [1.54, 1.807) is 25.1 Å². The molecular formula is C17H19N3O3. The third kappa shape index (κ3) is 3.66. The Hall–Kier alpha value is -2.89. The Morgan fingerprint density at radius 1 is 1.35 bits per heavy atom. The zero-order valence-corrected chi connectivity index (χ0v) is 13.3. The lowest BCUT2D eigenvalue weighted by molar-refractivity contribution is -0.138. The quantitative estimate of drug-likeness (QED) is 0.751. The summed E-state index contributed by atoms with van der Waals surface area (Å²) in [6.07, 6.45) is 1.76. The summed E-state index contributed by atoms with van der Waals surface area (Å²) in [5, 5.41) is 9.22. The molecule has 6 nitrogen and oxygen atoms in total. The van der Waals surface area contributed by atoms with Crippen LogP contribution in [0.5, 0.6) is 0 Å². The minimum absolute atomic E-state index is 0.151. The van der Waals surface area contributed by atoms with Gasteiger partial charge in [-0.3, -0.25) is 9.59 Å². The van der Waals surface area contributed by atoms with Gasteiger partial charge >= 0.3 is 5.97 Å². The summed E-state index contributed by atoms with van der Waals surface area (Å²) in [7, 11) is 0. The Morgan fingerprint density at radius 3 is 2.52 bits per heavy atom. The Morgan fingerprint density at radius 2 is 1.96 bits per heavy atom. The second-order valence-electron chi connectivity index (χ2n) is 5.46. The molecule has 0 fully saturated rings. The van der Waals surface area contributed by atoms with Gasteiger partial charge in [-0.25, -0.2) is 0 Å². The van der Waals surface area contributed by atoms with Gasteiger partial charge in [-0.05, 0) is 50.1 Å². The number of carboxylic acid groups (broad SMARTS) is 1. The Labute approximate surface area is 133 Å². The normalized spacial score (nSPS) is 12.9. The van der Waals surface area contributed by atoms with Gasteiger partial charge in [0.2, 0.25) is 0 Å². The third-order valence-corrected chi connectivity index (χ3v) is 3.64. The number of hydrogen-bond donors (Lipinski definition) is 3. The lowest BCUT2D eigenvalue weighted by Gasteiger charge is -2.11. The molecule has 0 amide bonds. The highest BCUT2D eigenvalue weighted by Gasteiger charge is 2.21. The van der Waals surface area contributed by atoms with E-state index in [4.69, 9.17) is 5.73 Å². The molecule has 4 N–H and O–H groups in total. The van der Waals surface area contributed by atoms with Crippen LogP contribution in [-0.4, -0.2) is 21.0 Å². The molecule has 120 valence electrons. The number of carbonyl (C=O) groups is 1. The smallest absolute Gasteiger partial charge is 0.310 e. The molecule has 1 heterocycles. The van der Waals surface area contributed by atoms with Crippen molar-refractivity contribution in [2.75, 3.05) is 5.73 Å². The van der Waals surface area contributed by atoms with Gasteiger partial charge in [-0.2, -0.15) is 4.98 Å². The average Bonchev–Trinajstić information content (AvgIpc) is 2.46. The molecule has 0 saturated carbocycles. The number of H-pyrrole nitrogens is 1. The maximum absolute atomic E-state index is 12.1. The molecule has 0 bridgehead atoms. The van der Waals surface area contributed by atoms with Gasteiger partial charge in [0.05, 0.1) is 11.5 Å². The van der Waals surface area contributed by atoms with Crippen LogP contribution in [-0.2, 0) is 4.79 Å².